The number of hydrogen-bond acceptors (Lipinski definition) is 3. The minimum Gasteiger partial charge on any atom is -0.339 e. The van der Waals surface area contributed by atoms with E-state index in [1.807, 2.05) is 23.6 Å². The lowest BCUT2D eigenvalue weighted by Crippen LogP contribution is -2.52. The molecule has 0 saturated carbocycles. The molecule has 1 unspecified atom stereocenters. The highest BCUT2D eigenvalue weighted by Crippen LogP contribution is 2.09. The van der Waals surface area contributed by atoms with Crippen molar-refractivity contribution in [2.45, 2.75) is 46.1 Å². The number of carbonyl (C=O) groups is 2. The molecule has 0 aromatic carbocycles. The molecular formula is C14H27N3O2. The molecule has 0 radical (unpaired) electrons. The number of nitrogens with two attached hydrogens (primary N) is 1. The standard InChI is InChI=1S/C14H27N3O2/c1-4-5-12(15)10-13(18)16-6-8-17(9-7-16)14(19)11(2)3/h11-12H,4-10,15H2,1-3H3. The van der Waals surface area contributed by atoms with Crippen LogP contribution in [0.2, 0.25) is 0 Å². The van der Waals surface area contributed by atoms with Crippen molar-refractivity contribution in [1.82, 2.24) is 9.80 Å². The van der Waals surface area contributed by atoms with Gasteiger partial charge in [0.05, 0.1) is 0 Å². The van der Waals surface area contributed by atoms with E-state index in [0.29, 0.717) is 32.6 Å². The van der Waals surface area contributed by atoms with Gasteiger partial charge in [-0.15, -0.1) is 0 Å². The molecule has 1 saturated heterocycles. The summed E-state index contributed by atoms with van der Waals surface area (Å²) < 4.78 is 0. The Kier molecular flexibility index (Phi) is 6.28. The first kappa shape index (κ1) is 16.0. The Morgan fingerprint density at radius 2 is 1.63 bits per heavy atom. The largest absolute Gasteiger partial charge is 0.339 e. The fraction of sp³-hybridized carbons (Fsp3) is 0.857. The van der Waals surface area contributed by atoms with Crippen LogP contribution in [0.4, 0.5) is 0 Å². The predicted octanol–water partition coefficient (Wildman–Crippen LogP) is 0.831. The van der Waals surface area contributed by atoms with E-state index in [-0.39, 0.29) is 23.8 Å². The first-order valence-electron chi connectivity index (χ1n) is 7.27. The smallest absolute Gasteiger partial charge is 0.225 e. The van der Waals surface area contributed by atoms with Crippen molar-refractivity contribution in [2.75, 3.05) is 26.2 Å². The zero-order valence-corrected chi connectivity index (χ0v) is 12.4. The van der Waals surface area contributed by atoms with Crippen LogP contribution in [0.1, 0.15) is 40.0 Å². The number of piperazine rings is 1. The van der Waals surface area contributed by atoms with Gasteiger partial charge in [0.15, 0.2) is 0 Å². The van der Waals surface area contributed by atoms with Gasteiger partial charge in [-0.25, -0.2) is 0 Å². The molecule has 1 rings (SSSR count). The molecule has 0 aromatic rings. The summed E-state index contributed by atoms with van der Waals surface area (Å²) in [5.41, 5.74) is 5.90. The van der Waals surface area contributed by atoms with E-state index in [2.05, 4.69) is 6.92 Å². The number of hydrogen-bond donors (Lipinski definition) is 1. The molecule has 110 valence electrons. The third-order valence-corrected chi connectivity index (χ3v) is 3.53. The van der Waals surface area contributed by atoms with Gasteiger partial charge in [-0.1, -0.05) is 27.2 Å². The fourth-order valence-electron chi connectivity index (χ4n) is 2.37. The molecule has 1 heterocycles. The van der Waals surface area contributed by atoms with E-state index >= 15 is 0 Å². The van der Waals surface area contributed by atoms with Crippen molar-refractivity contribution in [1.29, 1.82) is 0 Å². The molecule has 0 bridgehead atoms. The van der Waals surface area contributed by atoms with Crippen molar-refractivity contribution >= 4 is 11.8 Å². The molecule has 1 aliphatic heterocycles. The molecule has 0 spiro atoms. The molecule has 2 amide bonds. The molecule has 2 N–H and O–H groups in total. The van der Waals surface area contributed by atoms with Crippen molar-refractivity contribution in [3.8, 4) is 0 Å². The van der Waals surface area contributed by atoms with Gasteiger partial charge >= 0.3 is 0 Å². The quantitative estimate of drug-likeness (QED) is 0.804. The molecule has 1 atom stereocenters. The second kappa shape index (κ2) is 7.48. The van der Waals surface area contributed by atoms with Crippen molar-refractivity contribution in [2.24, 2.45) is 11.7 Å². The summed E-state index contributed by atoms with van der Waals surface area (Å²) in [4.78, 5) is 27.6. The van der Waals surface area contributed by atoms with Gasteiger partial charge in [0.2, 0.25) is 11.8 Å². The van der Waals surface area contributed by atoms with Crippen LogP contribution in [0.3, 0.4) is 0 Å². The van der Waals surface area contributed by atoms with E-state index in [0.717, 1.165) is 12.8 Å². The van der Waals surface area contributed by atoms with E-state index in [4.69, 9.17) is 5.73 Å². The van der Waals surface area contributed by atoms with Crippen LogP contribution in [0.5, 0.6) is 0 Å². The third-order valence-electron chi connectivity index (χ3n) is 3.53. The molecule has 5 nitrogen and oxygen atoms in total. The summed E-state index contributed by atoms with van der Waals surface area (Å²) in [7, 11) is 0. The molecule has 1 fully saturated rings. The highest BCUT2D eigenvalue weighted by atomic mass is 16.2. The van der Waals surface area contributed by atoms with Crippen molar-refractivity contribution < 1.29 is 9.59 Å². The summed E-state index contributed by atoms with van der Waals surface area (Å²) in [6, 6.07) is -0.0344. The maximum atomic E-state index is 12.0. The summed E-state index contributed by atoms with van der Waals surface area (Å²) in [5.74, 6) is 0.326. The fourth-order valence-corrected chi connectivity index (χ4v) is 2.37. The van der Waals surface area contributed by atoms with Gasteiger partial charge in [0.1, 0.15) is 0 Å². The highest BCUT2D eigenvalue weighted by molar-refractivity contribution is 5.79. The molecular weight excluding hydrogens is 242 g/mol. The summed E-state index contributed by atoms with van der Waals surface area (Å²) in [6.07, 6.45) is 2.31. The molecule has 0 aliphatic carbocycles. The van der Waals surface area contributed by atoms with Crippen LogP contribution in [0, 0.1) is 5.92 Å². The summed E-state index contributed by atoms with van der Waals surface area (Å²) in [5, 5.41) is 0. The monoisotopic (exact) mass is 269 g/mol. The lowest BCUT2D eigenvalue weighted by Gasteiger charge is -2.36. The van der Waals surface area contributed by atoms with Gasteiger partial charge in [-0.05, 0) is 6.42 Å². The molecule has 0 aromatic heterocycles. The van der Waals surface area contributed by atoms with Gasteiger partial charge in [-0.3, -0.25) is 9.59 Å². The second-order valence-corrected chi connectivity index (χ2v) is 5.61. The van der Waals surface area contributed by atoms with Crippen LogP contribution in [0.25, 0.3) is 0 Å². The lowest BCUT2D eigenvalue weighted by atomic mass is 10.1. The molecule has 19 heavy (non-hydrogen) atoms. The zero-order valence-electron chi connectivity index (χ0n) is 12.4. The first-order valence-corrected chi connectivity index (χ1v) is 7.27. The van der Waals surface area contributed by atoms with Crippen LogP contribution in [-0.2, 0) is 9.59 Å². The second-order valence-electron chi connectivity index (χ2n) is 5.61. The van der Waals surface area contributed by atoms with Crippen LogP contribution < -0.4 is 5.73 Å². The average molecular weight is 269 g/mol. The van der Waals surface area contributed by atoms with Crippen LogP contribution in [-0.4, -0.2) is 53.8 Å². The van der Waals surface area contributed by atoms with Gasteiger partial charge in [0, 0.05) is 44.6 Å². The minimum atomic E-state index is -0.0344. The SMILES string of the molecule is CCCC(N)CC(=O)N1CCN(C(=O)C(C)C)CC1. The normalized spacial score (nSPS) is 17.7. The molecule has 1 aliphatic rings. The predicted molar refractivity (Wildman–Crippen MR) is 75.5 cm³/mol. The first-order chi connectivity index (χ1) is 8.95. The topological polar surface area (TPSA) is 66.6 Å². The van der Waals surface area contributed by atoms with Crippen molar-refractivity contribution in [3.63, 3.8) is 0 Å². The van der Waals surface area contributed by atoms with Crippen molar-refractivity contribution in [3.05, 3.63) is 0 Å². The number of amides is 2. The van der Waals surface area contributed by atoms with Gasteiger partial charge in [0.25, 0.3) is 0 Å². The van der Waals surface area contributed by atoms with Gasteiger partial charge in [-0.2, -0.15) is 0 Å². The summed E-state index contributed by atoms with van der Waals surface area (Å²) in [6.45, 7) is 8.44. The van der Waals surface area contributed by atoms with Gasteiger partial charge < -0.3 is 15.5 Å². The van der Waals surface area contributed by atoms with E-state index in [9.17, 15) is 9.59 Å². The minimum absolute atomic E-state index is 0.0280. The number of rotatable bonds is 5. The Morgan fingerprint density at radius 1 is 1.11 bits per heavy atom. The maximum absolute atomic E-state index is 12.0. The van der Waals surface area contributed by atoms with Crippen LogP contribution in [0.15, 0.2) is 0 Å². The number of nitrogens with zero attached hydrogens (tertiary/aromatic N) is 2. The van der Waals surface area contributed by atoms with Crippen LogP contribution >= 0.6 is 0 Å². The zero-order chi connectivity index (χ0) is 14.4. The highest BCUT2D eigenvalue weighted by Gasteiger charge is 2.25. The maximum Gasteiger partial charge on any atom is 0.225 e. The van der Waals surface area contributed by atoms with E-state index < -0.39 is 0 Å². The summed E-state index contributed by atoms with van der Waals surface area (Å²) >= 11 is 0. The third kappa shape index (κ3) is 4.82. The Morgan fingerprint density at radius 3 is 2.11 bits per heavy atom. The lowest BCUT2D eigenvalue weighted by molar-refractivity contribution is -0.141. The van der Waals surface area contributed by atoms with E-state index in [1.165, 1.54) is 0 Å². The Labute approximate surface area is 116 Å². The number of carbonyl (C=O) groups excluding carboxylic acids is 2. The Bertz CT molecular complexity index is 310. The average Bonchev–Trinajstić information content (AvgIpc) is 2.38. The molecule has 5 heteroatoms. The van der Waals surface area contributed by atoms with E-state index in [1.54, 1.807) is 0 Å². The Hall–Kier alpha value is -1.10. The Balaban J connectivity index is 2.37.